The van der Waals surface area contributed by atoms with E-state index in [0.717, 1.165) is 0 Å². The van der Waals surface area contributed by atoms with Crippen molar-refractivity contribution in [3.05, 3.63) is 86.2 Å². The predicted octanol–water partition coefficient (Wildman–Crippen LogP) is 4.75. The molecule has 0 saturated carbocycles. The number of hydrogen-bond acceptors (Lipinski definition) is 9. The molecule has 35 heavy (non-hydrogen) atoms. The molecule has 176 valence electrons. The van der Waals surface area contributed by atoms with E-state index in [1.807, 2.05) is 0 Å². The van der Waals surface area contributed by atoms with Gasteiger partial charge in [-0.15, -0.1) is 0 Å². The molecule has 0 spiro atoms. The molecule has 2 aromatic carbocycles. The maximum Gasteiger partial charge on any atom is 0.344 e. The van der Waals surface area contributed by atoms with E-state index in [4.69, 9.17) is 34.4 Å². The zero-order valence-electron chi connectivity index (χ0n) is 18.2. The Hall–Kier alpha value is -4.37. The zero-order valence-corrected chi connectivity index (χ0v) is 19.0. The predicted molar refractivity (Wildman–Crippen MR) is 126 cm³/mol. The summed E-state index contributed by atoms with van der Waals surface area (Å²) in [4.78, 5) is 37.2. The third kappa shape index (κ3) is 4.67. The number of carbonyl (C=O) groups is 1. The van der Waals surface area contributed by atoms with E-state index in [2.05, 4.69) is 5.16 Å². The Bertz CT molecular complexity index is 1700. The van der Waals surface area contributed by atoms with E-state index >= 15 is 0 Å². The number of fused-ring (bicyclic) bond motifs is 2. The lowest BCUT2D eigenvalue weighted by molar-refractivity contribution is -0.134. The van der Waals surface area contributed by atoms with E-state index in [1.54, 1.807) is 42.5 Å². The molecule has 3 aromatic heterocycles. The molecule has 0 saturated heterocycles. The summed E-state index contributed by atoms with van der Waals surface area (Å²) >= 11 is 6.06. The van der Waals surface area contributed by atoms with Gasteiger partial charge in [0.1, 0.15) is 22.7 Å². The second kappa shape index (κ2) is 9.11. The van der Waals surface area contributed by atoms with Crippen LogP contribution in [0.15, 0.2) is 77.5 Å². The molecule has 0 unspecified atom stereocenters. The highest BCUT2D eigenvalue weighted by atomic mass is 35.5. The monoisotopic (exact) mass is 493 g/mol. The summed E-state index contributed by atoms with van der Waals surface area (Å²) in [5, 5.41) is 5.21. The van der Waals surface area contributed by atoms with Crippen LogP contribution in [0.1, 0.15) is 12.2 Å². The number of hydrogen-bond donors (Lipinski definition) is 0. The van der Waals surface area contributed by atoms with Gasteiger partial charge in [-0.25, -0.2) is 9.59 Å². The molecule has 0 radical (unpaired) electrons. The molecule has 10 heteroatoms. The molecule has 0 atom stereocenters. The van der Waals surface area contributed by atoms with Crippen LogP contribution in [-0.4, -0.2) is 18.2 Å². The fourth-order valence-electron chi connectivity index (χ4n) is 3.63. The van der Waals surface area contributed by atoms with Crippen molar-refractivity contribution >= 4 is 39.5 Å². The van der Waals surface area contributed by atoms with Gasteiger partial charge in [-0.05, 0) is 41.6 Å². The number of carbonyl (C=O) groups excluding carboxylic acids is 1. The molecule has 3 heterocycles. The fourth-order valence-corrected chi connectivity index (χ4v) is 3.81. The average Bonchev–Trinajstić information content (AvgIpc) is 3.30. The molecule has 0 bridgehead atoms. The number of aromatic nitrogens is 1. The van der Waals surface area contributed by atoms with Crippen LogP contribution in [0.2, 0.25) is 5.02 Å². The van der Waals surface area contributed by atoms with Gasteiger partial charge in [0, 0.05) is 46.0 Å². The van der Waals surface area contributed by atoms with Gasteiger partial charge in [0.2, 0.25) is 0 Å². The summed E-state index contributed by atoms with van der Waals surface area (Å²) in [6.07, 6.45) is 0.296. The Morgan fingerprint density at radius 3 is 2.63 bits per heavy atom. The second-order valence-corrected chi connectivity index (χ2v) is 8.01. The highest BCUT2D eigenvalue weighted by molar-refractivity contribution is 6.31. The zero-order chi connectivity index (χ0) is 24.5. The van der Waals surface area contributed by atoms with Crippen LogP contribution in [0.3, 0.4) is 0 Å². The molecule has 0 fully saturated rings. The van der Waals surface area contributed by atoms with Gasteiger partial charge < -0.3 is 22.8 Å². The molecule has 0 aliphatic carbocycles. The van der Waals surface area contributed by atoms with Crippen molar-refractivity contribution in [3.63, 3.8) is 0 Å². The lowest BCUT2D eigenvalue weighted by Gasteiger charge is -2.08. The summed E-state index contributed by atoms with van der Waals surface area (Å²) in [7, 11) is 1.46. The number of methoxy groups -OCH3 is 1. The third-order valence-corrected chi connectivity index (χ3v) is 5.49. The smallest absolute Gasteiger partial charge is 0.344 e. The van der Waals surface area contributed by atoms with Gasteiger partial charge in [0.05, 0.1) is 19.1 Å². The van der Waals surface area contributed by atoms with E-state index in [1.165, 1.54) is 19.2 Å². The van der Waals surface area contributed by atoms with Crippen LogP contribution in [0.5, 0.6) is 11.6 Å². The van der Waals surface area contributed by atoms with Crippen molar-refractivity contribution in [1.29, 1.82) is 0 Å². The molecule has 0 aliphatic rings. The highest BCUT2D eigenvalue weighted by Crippen LogP contribution is 2.30. The minimum atomic E-state index is -0.680. The first kappa shape index (κ1) is 22.4. The van der Waals surface area contributed by atoms with Crippen LogP contribution in [0.25, 0.3) is 33.1 Å². The molecular formula is C25H16ClNO8. The summed E-state index contributed by atoms with van der Waals surface area (Å²) in [6.45, 7) is 0. The summed E-state index contributed by atoms with van der Waals surface area (Å²) < 4.78 is 26.1. The topological polar surface area (TPSA) is 122 Å². The standard InChI is InChI=1S/C25H16ClNO8/c1-31-22-11-16(35-27-22)4-7-23(28)32-15-3-5-17-18(12-24(29)33-21(17)10-15)19-9-13-8-14(26)2-6-20(13)34-25(19)30/h2-3,5-6,8-12H,4,7H2,1H3. The summed E-state index contributed by atoms with van der Waals surface area (Å²) in [5.41, 5.74) is -0.294. The first-order valence-corrected chi connectivity index (χ1v) is 10.8. The van der Waals surface area contributed by atoms with Crippen molar-refractivity contribution in [3.8, 4) is 22.8 Å². The largest absolute Gasteiger partial charge is 0.479 e. The SMILES string of the molecule is COc1cc(CCC(=O)Oc2ccc3c(-c4cc5cc(Cl)ccc5oc4=O)cc(=O)oc3c2)on1. The van der Waals surface area contributed by atoms with Gasteiger partial charge in [0.15, 0.2) is 0 Å². The fraction of sp³-hybridized carbons (Fsp3) is 0.120. The first-order valence-electron chi connectivity index (χ1n) is 10.4. The van der Waals surface area contributed by atoms with Gasteiger partial charge in [-0.2, -0.15) is 0 Å². The van der Waals surface area contributed by atoms with E-state index in [0.29, 0.717) is 38.6 Å². The van der Waals surface area contributed by atoms with Gasteiger partial charge >= 0.3 is 17.2 Å². The van der Waals surface area contributed by atoms with E-state index < -0.39 is 17.2 Å². The first-order chi connectivity index (χ1) is 16.9. The Morgan fingerprint density at radius 2 is 1.83 bits per heavy atom. The maximum absolute atomic E-state index is 12.7. The molecule has 5 aromatic rings. The van der Waals surface area contributed by atoms with Crippen LogP contribution in [-0.2, 0) is 11.2 Å². The molecule has 5 rings (SSSR count). The quantitative estimate of drug-likeness (QED) is 0.187. The Morgan fingerprint density at radius 1 is 0.971 bits per heavy atom. The number of aryl methyl sites for hydroxylation is 1. The number of nitrogens with zero attached hydrogens (tertiary/aromatic N) is 1. The van der Waals surface area contributed by atoms with Gasteiger partial charge in [-0.3, -0.25) is 4.79 Å². The van der Waals surface area contributed by atoms with E-state index in [9.17, 15) is 14.4 Å². The lowest BCUT2D eigenvalue weighted by atomic mass is 10.0. The van der Waals surface area contributed by atoms with Crippen LogP contribution < -0.4 is 20.7 Å². The Kier molecular flexibility index (Phi) is 5.84. The Balaban J connectivity index is 1.44. The molecule has 0 aliphatic heterocycles. The lowest BCUT2D eigenvalue weighted by Crippen LogP contribution is -2.09. The van der Waals surface area contributed by atoms with Crippen molar-refractivity contribution < 1.29 is 27.6 Å². The number of rotatable bonds is 6. The van der Waals surface area contributed by atoms with Crippen molar-refractivity contribution in [2.45, 2.75) is 12.8 Å². The minimum absolute atomic E-state index is 0.0288. The molecular weight excluding hydrogens is 478 g/mol. The summed E-state index contributed by atoms with van der Waals surface area (Å²) in [6, 6.07) is 13.8. The molecule has 0 amide bonds. The molecule has 0 N–H and O–H groups in total. The van der Waals surface area contributed by atoms with Crippen LogP contribution in [0.4, 0.5) is 0 Å². The maximum atomic E-state index is 12.7. The van der Waals surface area contributed by atoms with Crippen LogP contribution >= 0.6 is 11.6 Å². The third-order valence-electron chi connectivity index (χ3n) is 5.25. The second-order valence-electron chi connectivity index (χ2n) is 7.58. The van der Waals surface area contributed by atoms with Gasteiger partial charge in [0.25, 0.3) is 5.88 Å². The number of benzene rings is 2. The van der Waals surface area contributed by atoms with Crippen molar-refractivity contribution in [2.75, 3.05) is 7.11 Å². The van der Waals surface area contributed by atoms with Crippen molar-refractivity contribution in [1.82, 2.24) is 5.16 Å². The minimum Gasteiger partial charge on any atom is -0.479 e. The normalized spacial score (nSPS) is 11.1. The van der Waals surface area contributed by atoms with Crippen molar-refractivity contribution in [2.24, 2.45) is 0 Å². The van der Waals surface area contributed by atoms with Gasteiger partial charge in [-0.1, -0.05) is 11.6 Å². The summed E-state index contributed by atoms with van der Waals surface area (Å²) in [5.74, 6) is 0.446. The number of ether oxygens (including phenoxy) is 2. The highest BCUT2D eigenvalue weighted by Gasteiger charge is 2.16. The number of esters is 1. The van der Waals surface area contributed by atoms with E-state index in [-0.39, 0.29) is 29.7 Å². The number of halogens is 1. The average molecular weight is 494 g/mol. The molecule has 9 nitrogen and oxygen atoms in total. The Labute approximate surface area is 201 Å². The van der Waals surface area contributed by atoms with Crippen LogP contribution in [0, 0.1) is 0 Å².